The van der Waals surface area contributed by atoms with Crippen molar-refractivity contribution in [3.05, 3.63) is 22.7 Å². The van der Waals surface area contributed by atoms with Crippen LogP contribution in [0.5, 0.6) is 0 Å². The Bertz CT molecular complexity index is 507. The Labute approximate surface area is 124 Å². The number of hydrogen-bond donors (Lipinski definition) is 1. The third-order valence-corrected chi connectivity index (χ3v) is 4.39. The third-order valence-electron chi connectivity index (χ3n) is 2.87. The van der Waals surface area contributed by atoms with E-state index in [9.17, 15) is 9.59 Å². The molecule has 1 aromatic carbocycles. The molecule has 0 saturated heterocycles. The number of hydrogen-bond acceptors (Lipinski definition) is 3. The summed E-state index contributed by atoms with van der Waals surface area (Å²) >= 11 is 5.16. The predicted molar refractivity (Wildman–Crippen MR) is 78.7 cm³/mol. The van der Waals surface area contributed by atoms with Gasteiger partial charge in [0.05, 0.1) is 5.69 Å². The number of halogens is 1. The van der Waals surface area contributed by atoms with Gasteiger partial charge >= 0.3 is 5.97 Å². The van der Waals surface area contributed by atoms with Gasteiger partial charge in [0, 0.05) is 34.5 Å². The summed E-state index contributed by atoms with van der Waals surface area (Å²) in [6.45, 7) is 0.686. The van der Waals surface area contributed by atoms with E-state index in [1.54, 1.807) is 16.7 Å². The lowest BCUT2D eigenvalue weighted by molar-refractivity contribution is -0.137. The summed E-state index contributed by atoms with van der Waals surface area (Å²) in [5.41, 5.74) is 0.930. The number of fused-ring (bicyclic) bond motifs is 1. The van der Waals surface area contributed by atoms with E-state index in [1.807, 2.05) is 18.2 Å². The van der Waals surface area contributed by atoms with E-state index < -0.39 is 5.97 Å². The fourth-order valence-electron chi connectivity index (χ4n) is 1.98. The largest absolute Gasteiger partial charge is 0.481 e. The number of aliphatic carboxylic acids is 1. The first-order chi connectivity index (χ1) is 9.08. The first-order valence-corrected chi connectivity index (χ1v) is 7.80. The summed E-state index contributed by atoms with van der Waals surface area (Å²) in [5.74, 6) is 0.0187. The van der Waals surface area contributed by atoms with Crippen LogP contribution in [0, 0.1) is 0 Å². The number of carboxylic acid groups (broad SMARTS) is 1. The minimum Gasteiger partial charge on any atom is -0.481 e. The van der Waals surface area contributed by atoms with E-state index in [-0.39, 0.29) is 18.7 Å². The lowest BCUT2D eigenvalue weighted by Gasteiger charge is -2.29. The van der Waals surface area contributed by atoms with Crippen LogP contribution in [0.4, 0.5) is 5.69 Å². The standard InChI is InChI=1S/C13H14BrNO3S/c14-9-4-5-10-11(8-9)19-7-6-15(10)12(16)2-1-3-13(17)18/h4-5,8H,1-3,6-7H2,(H,17,18). The molecule has 1 amide bonds. The predicted octanol–water partition coefficient (Wildman–Crippen LogP) is 3.14. The molecule has 0 aromatic heterocycles. The number of amides is 1. The van der Waals surface area contributed by atoms with E-state index in [2.05, 4.69) is 15.9 Å². The molecule has 0 spiro atoms. The van der Waals surface area contributed by atoms with Crippen molar-refractivity contribution in [3.8, 4) is 0 Å². The minimum absolute atomic E-state index is 0.00474. The molecule has 6 heteroatoms. The lowest BCUT2D eigenvalue weighted by Crippen LogP contribution is -2.35. The Morgan fingerprint density at radius 2 is 2.16 bits per heavy atom. The number of nitrogens with zero attached hydrogens (tertiary/aromatic N) is 1. The van der Waals surface area contributed by atoms with Crippen molar-refractivity contribution in [2.75, 3.05) is 17.2 Å². The maximum absolute atomic E-state index is 12.1. The molecule has 2 rings (SSSR count). The summed E-state index contributed by atoms with van der Waals surface area (Å²) in [4.78, 5) is 25.5. The fraction of sp³-hybridized carbons (Fsp3) is 0.385. The maximum Gasteiger partial charge on any atom is 0.303 e. The second kappa shape index (κ2) is 6.43. The lowest BCUT2D eigenvalue weighted by atomic mass is 10.2. The van der Waals surface area contributed by atoms with Crippen molar-refractivity contribution in [2.24, 2.45) is 0 Å². The molecule has 1 heterocycles. The van der Waals surface area contributed by atoms with Gasteiger partial charge in [0.1, 0.15) is 0 Å². The second-order valence-electron chi connectivity index (χ2n) is 4.25. The van der Waals surface area contributed by atoms with Crippen LogP contribution >= 0.6 is 27.7 Å². The second-order valence-corrected chi connectivity index (χ2v) is 6.31. The smallest absolute Gasteiger partial charge is 0.303 e. The Morgan fingerprint density at radius 3 is 2.89 bits per heavy atom. The number of carbonyl (C=O) groups excluding carboxylic acids is 1. The highest BCUT2D eigenvalue weighted by atomic mass is 79.9. The van der Waals surface area contributed by atoms with Gasteiger partial charge in [-0.15, -0.1) is 11.8 Å². The Hall–Kier alpha value is -1.01. The van der Waals surface area contributed by atoms with Gasteiger partial charge in [-0.3, -0.25) is 9.59 Å². The highest BCUT2D eigenvalue weighted by Gasteiger charge is 2.22. The Kier molecular flexibility index (Phi) is 4.87. The van der Waals surface area contributed by atoms with Crippen LogP contribution in [0.2, 0.25) is 0 Å². The first-order valence-electron chi connectivity index (χ1n) is 6.02. The SMILES string of the molecule is O=C(O)CCCC(=O)N1CCSc2cc(Br)ccc21. The molecular formula is C13H14BrNO3S. The number of carbonyl (C=O) groups is 2. The maximum atomic E-state index is 12.1. The molecule has 4 nitrogen and oxygen atoms in total. The molecule has 0 bridgehead atoms. The molecule has 0 aliphatic carbocycles. The van der Waals surface area contributed by atoms with Crippen molar-refractivity contribution in [3.63, 3.8) is 0 Å². The Morgan fingerprint density at radius 1 is 1.37 bits per heavy atom. The molecule has 1 aliphatic rings. The van der Waals surface area contributed by atoms with Crippen LogP contribution in [0.1, 0.15) is 19.3 Å². The van der Waals surface area contributed by atoms with E-state index in [0.29, 0.717) is 13.0 Å². The van der Waals surface area contributed by atoms with Crippen molar-refractivity contribution in [1.82, 2.24) is 0 Å². The molecule has 19 heavy (non-hydrogen) atoms. The van der Waals surface area contributed by atoms with Crippen LogP contribution in [-0.4, -0.2) is 29.3 Å². The molecule has 0 radical (unpaired) electrons. The van der Waals surface area contributed by atoms with Gasteiger partial charge in [0.25, 0.3) is 0 Å². The monoisotopic (exact) mass is 343 g/mol. The summed E-state index contributed by atoms with van der Waals surface area (Å²) in [6.07, 6.45) is 0.720. The van der Waals surface area contributed by atoms with Gasteiger partial charge in [-0.2, -0.15) is 0 Å². The zero-order chi connectivity index (χ0) is 13.8. The number of rotatable bonds is 4. The normalized spacial score (nSPS) is 14.1. The number of carboxylic acids is 1. The fourth-order valence-corrected chi connectivity index (χ4v) is 3.52. The zero-order valence-electron chi connectivity index (χ0n) is 10.3. The van der Waals surface area contributed by atoms with Crippen LogP contribution < -0.4 is 4.90 Å². The zero-order valence-corrected chi connectivity index (χ0v) is 12.7. The molecule has 102 valence electrons. The van der Waals surface area contributed by atoms with Gasteiger partial charge < -0.3 is 10.0 Å². The number of benzene rings is 1. The van der Waals surface area contributed by atoms with Crippen LogP contribution in [-0.2, 0) is 9.59 Å². The van der Waals surface area contributed by atoms with Gasteiger partial charge in [0.15, 0.2) is 0 Å². The Balaban J connectivity index is 2.06. The van der Waals surface area contributed by atoms with Crippen molar-refractivity contribution in [2.45, 2.75) is 24.2 Å². The van der Waals surface area contributed by atoms with Crippen molar-refractivity contribution < 1.29 is 14.7 Å². The van der Waals surface area contributed by atoms with E-state index in [0.717, 1.165) is 20.8 Å². The number of thioether (sulfide) groups is 1. The molecular weight excluding hydrogens is 330 g/mol. The van der Waals surface area contributed by atoms with Crippen LogP contribution in [0.25, 0.3) is 0 Å². The molecule has 0 unspecified atom stereocenters. The van der Waals surface area contributed by atoms with Gasteiger partial charge in [0.2, 0.25) is 5.91 Å². The molecule has 1 N–H and O–H groups in total. The molecule has 1 aromatic rings. The van der Waals surface area contributed by atoms with E-state index in [1.165, 1.54) is 0 Å². The molecule has 0 saturated carbocycles. The van der Waals surface area contributed by atoms with Gasteiger partial charge in [-0.25, -0.2) is 0 Å². The summed E-state index contributed by atoms with van der Waals surface area (Å²) in [5, 5.41) is 8.59. The minimum atomic E-state index is -0.855. The van der Waals surface area contributed by atoms with Gasteiger partial charge in [-0.05, 0) is 24.6 Å². The highest BCUT2D eigenvalue weighted by Crippen LogP contribution is 2.36. The van der Waals surface area contributed by atoms with E-state index >= 15 is 0 Å². The molecule has 0 atom stereocenters. The summed E-state index contributed by atoms with van der Waals surface area (Å²) in [7, 11) is 0. The van der Waals surface area contributed by atoms with E-state index in [4.69, 9.17) is 5.11 Å². The molecule has 1 aliphatic heterocycles. The molecule has 0 fully saturated rings. The average Bonchev–Trinajstić information content (AvgIpc) is 2.37. The van der Waals surface area contributed by atoms with Crippen molar-refractivity contribution in [1.29, 1.82) is 0 Å². The number of anilines is 1. The summed E-state index contributed by atoms with van der Waals surface area (Å²) in [6, 6.07) is 5.86. The average molecular weight is 344 g/mol. The third kappa shape index (κ3) is 3.73. The topological polar surface area (TPSA) is 57.6 Å². The van der Waals surface area contributed by atoms with Gasteiger partial charge in [-0.1, -0.05) is 15.9 Å². The quantitative estimate of drug-likeness (QED) is 0.912. The van der Waals surface area contributed by atoms with Crippen LogP contribution in [0.3, 0.4) is 0 Å². The first kappa shape index (κ1) is 14.4. The summed E-state index contributed by atoms with van der Waals surface area (Å²) < 4.78 is 0.999. The highest BCUT2D eigenvalue weighted by molar-refractivity contribution is 9.10. The van der Waals surface area contributed by atoms with Crippen molar-refractivity contribution >= 4 is 45.3 Å². The van der Waals surface area contributed by atoms with Crippen LogP contribution in [0.15, 0.2) is 27.6 Å².